The normalized spacial score (nSPS) is 19.7. The first-order valence-corrected chi connectivity index (χ1v) is 12.8. The minimum absolute atomic E-state index is 0.0131. The topological polar surface area (TPSA) is 64.0 Å². The average Bonchev–Trinajstić information content (AvgIpc) is 2.94. The second kappa shape index (κ2) is 10.4. The summed E-state index contributed by atoms with van der Waals surface area (Å²) in [7, 11) is 0. The number of hydrogen-bond donors (Lipinski definition) is 2. The Morgan fingerprint density at radius 1 is 0.750 bits per heavy atom. The molecule has 2 heterocycles. The number of carboxylic acid groups (broad SMARTS) is 1. The van der Waals surface area contributed by atoms with Crippen molar-refractivity contribution >= 4 is 6.09 Å². The van der Waals surface area contributed by atoms with Crippen molar-refractivity contribution in [2.75, 3.05) is 26.2 Å². The van der Waals surface area contributed by atoms with Gasteiger partial charge in [0.25, 0.3) is 0 Å². The van der Waals surface area contributed by atoms with Gasteiger partial charge in [0.05, 0.1) is 0 Å². The van der Waals surface area contributed by atoms with Crippen LogP contribution in [0.4, 0.5) is 9.18 Å². The van der Waals surface area contributed by atoms with E-state index in [1.54, 1.807) is 12.1 Å². The van der Waals surface area contributed by atoms with Gasteiger partial charge < -0.3 is 20.0 Å². The Balaban J connectivity index is 1.36. The highest BCUT2D eigenvalue weighted by Crippen LogP contribution is 2.43. The van der Waals surface area contributed by atoms with Gasteiger partial charge in [-0.25, -0.2) is 9.18 Å². The second-order valence-corrected chi connectivity index (χ2v) is 10.0. The van der Waals surface area contributed by atoms with Crippen LogP contribution in [0.1, 0.15) is 36.8 Å². The summed E-state index contributed by atoms with van der Waals surface area (Å²) in [6.45, 7) is 2.86. The van der Waals surface area contributed by atoms with E-state index in [9.17, 15) is 19.4 Å². The van der Waals surface area contributed by atoms with Gasteiger partial charge in [0.2, 0.25) is 0 Å². The summed E-state index contributed by atoms with van der Waals surface area (Å²) >= 11 is 0. The predicted molar refractivity (Wildman–Crippen MR) is 138 cm³/mol. The molecule has 0 radical (unpaired) electrons. The van der Waals surface area contributed by atoms with Crippen LogP contribution >= 0.6 is 0 Å². The molecule has 1 amide bonds. The molecule has 0 aliphatic carbocycles. The Kier molecular flexibility index (Phi) is 7.08. The first-order valence-electron chi connectivity index (χ1n) is 12.8. The molecule has 0 spiro atoms. The van der Waals surface area contributed by atoms with Gasteiger partial charge in [0, 0.05) is 19.1 Å². The predicted octanol–water partition coefficient (Wildman–Crippen LogP) is 5.58. The van der Waals surface area contributed by atoms with Crippen LogP contribution in [0.15, 0.2) is 78.9 Å². The molecule has 2 saturated heterocycles. The fraction of sp³-hybridized carbons (Fsp3) is 0.367. The number of hydrogen-bond acceptors (Lipinski definition) is 3. The molecule has 1 unspecified atom stereocenters. The molecule has 0 saturated carbocycles. The van der Waals surface area contributed by atoms with Crippen LogP contribution in [0, 0.1) is 11.7 Å². The number of carbonyl (C=O) groups is 1. The quantitative estimate of drug-likeness (QED) is 0.492. The fourth-order valence-electron chi connectivity index (χ4n) is 5.99. The summed E-state index contributed by atoms with van der Waals surface area (Å²) in [6.07, 6.45) is 2.48. The molecule has 6 heteroatoms. The monoisotopic (exact) mass is 488 g/mol. The molecular formula is C30H33FN2O3. The lowest BCUT2D eigenvalue weighted by atomic mass is 9.71. The van der Waals surface area contributed by atoms with Gasteiger partial charge in [-0.2, -0.15) is 0 Å². The van der Waals surface area contributed by atoms with Crippen LogP contribution < -0.4 is 0 Å². The second-order valence-electron chi connectivity index (χ2n) is 10.0. The molecule has 2 fully saturated rings. The van der Waals surface area contributed by atoms with E-state index in [1.165, 1.54) is 17.0 Å². The van der Waals surface area contributed by atoms with E-state index >= 15 is 0 Å². The van der Waals surface area contributed by atoms with Crippen LogP contribution in [0.5, 0.6) is 0 Å². The zero-order chi connectivity index (χ0) is 25.1. The molecule has 1 atom stereocenters. The van der Waals surface area contributed by atoms with Gasteiger partial charge in [-0.3, -0.25) is 0 Å². The SMILES string of the molecule is O=C(O)N1CCC(N2CCC(C(O)(c3ccc(F)cc3)c3ccc(-c4ccccc4)cc3)CC2)CC1. The van der Waals surface area contributed by atoms with Gasteiger partial charge in [-0.1, -0.05) is 66.7 Å². The van der Waals surface area contributed by atoms with Crippen molar-refractivity contribution in [3.63, 3.8) is 0 Å². The lowest BCUT2D eigenvalue weighted by molar-refractivity contribution is -0.0249. The molecule has 3 aromatic rings. The van der Waals surface area contributed by atoms with Crippen molar-refractivity contribution in [2.24, 2.45) is 5.92 Å². The lowest BCUT2D eigenvalue weighted by Crippen LogP contribution is -2.51. The number of aliphatic hydroxyl groups is 1. The average molecular weight is 489 g/mol. The van der Waals surface area contributed by atoms with Gasteiger partial charge in [-0.05, 0) is 79.1 Å². The van der Waals surface area contributed by atoms with Crippen LogP contribution in [0.25, 0.3) is 11.1 Å². The standard InChI is InChI=1S/C30H33FN2O3/c31-27-12-10-25(11-13-27)30(36,24-8-6-23(7-9-24)22-4-2-1-3-5-22)26-14-18-32(19-15-26)28-16-20-33(21-17-28)29(34)35/h1-13,26,28,36H,14-21H2,(H,34,35). The highest BCUT2D eigenvalue weighted by Gasteiger charge is 2.42. The number of halogens is 1. The van der Waals surface area contributed by atoms with Crippen molar-refractivity contribution in [3.8, 4) is 11.1 Å². The highest BCUT2D eigenvalue weighted by atomic mass is 19.1. The Hall–Kier alpha value is -3.22. The summed E-state index contributed by atoms with van der Waals surface area (Å²) in [5.74, 6) is -0.330. The molecule has 2 aliphatic rings. The zero-order valence-corrected chi connectivity index (χ0v) is 20.4. The Morgan fingerprint density at radius 3 is 1.83 bits per heavy atom. The van der Waals surface area contributed by atoms with Crippen molar-refractivity contribution in [1.29, 1.82) is 0 Å². The Labute approximate surface area is 211 Å². The number of rotatable bonds is 5. The number of piperidine rings is 2. The molecule has 5 nitrogen and oxygen atoms in total. The minimum Gasteiger partial charge on any atom is -0.465 e. The van der Waals surface area contributed by atoms with Gasteiger partial charge in [0.15, 0.2) is 0 Å². The van der Waals surface area contributed by atoms with E-state index in [2.05, 4.69) is 17.0 Å². The Morgan fingerprint density at radius 2 is 1.28 bits per heavy atom. The maximum atomic E-state index is 13.8. The molecular weight excluding hydrogens is 455 g/mol. The molecule has 2 N–H and O–H groups in total. The van der Waals surface area contributed by atoms with E-state index in [-0.39, 0.29) is 11.7 Å². The molecule has 2 aliphatic heterocycles. The van der Waals surface area contributed by atoms with E-state index < -0.39 is 11.7 Å². The van der Waals surface area contributed by atoms with E-state index in [0.717, 1.165) is 55.5 Å². The Bertz CT molecular complexity index is 1150. The first-order chi connectivity index (χ1) is 17.4. The smallest absolute Gasteiger partial charge is 0.407 e. The number of likely N-dealkylation sites (tertiary alicyclic amines) is 2. The maximum absolute atomic E-state index is 13.8. The lowest BCUT2D eigenvalue weighted by Gasteiger charge is -2.45. The van der Waals surface area contributed by atoms with Gasteiger partial charge in [-0.15, -0.1) is 0 Å². The third kappa shape index (κ3) is 4.88. The third-order valence-electron chi connectivity index (χ3n) is 8.09. The minimum atomic E-state index is -1.22. The summed E-state index contributed by atoms with van der Waals surface area (Å²) in [4.78, 5) is 15.2. The summed E-state index contributed by atoms with van der Waals surface area (Å²) in [5, 5.41) is 21.5. The summed E-state index contributed by atoms with van der Waals surface area (Å²) in [6, 6.07) is 24.9. The van der Waals surface area contributed by atoms with Crippen molar-refractivity contribution in [1.82, 2.24) is 9.80 Å². The summed E-state index contributed by atoms with van der Waals surface area (Å²) < 4.78 is 13.8. The molecule has 3 aromatic carbocycles. The molecule has 188 valence electrons. The van der Waals surface area contributed by atoms with E-state index in [4.69, 9.17) is 0 Å². The first kappa shape index (κ1) is 24.5. The van der Waals surface area contributed by atoms with Gasteiger partial charge >= 0.3 is 6.09 Å². The fourth-order valence-corrected chi connectivity index (χ4v) is 5.99. The summed E-state index contributed by atoms with van der Waals surface area (Å²) in [5.41, 5.74) is 2.52. The van der Waals surface area contributed by atoms with Crippen molar-refractivity contribution in [2.45, 2.75) is 37.3 Å². The van der Waals surface area contributed by atoms with Crippen LogP contribution in [-0.2, 0) is 5.60 Å². The number of benzene rings is 3. The maximum Gasteiger partial charge on any atom is 0.407 e. The molecule has 36 heavy (non-hydrogen) atoms. The number of nitrogens with zero attached hydrogens (tertiary/aromatic N) is 2. The van der Waals surface area contributed by atoms with Crippen LogP contribution in [-0.4, -0.2) is 58.3 Å². The van der Waals surface area contributed by atoms with Crippen LogP contribution in [0.2, 0.25) is 0 Å². The van der Waals surface area contributed by atoms with Gasteiger partial charge in [0.1, 0.15) is 11.4 Å². The zero-order valence-electron chi connectivity index (χ0n) is 20.4. The van der Waals surface area contributed by atoms with E-state index in [0.29, 0.717) is 24.7 Å². The third-order valence-corrected chi connectivity index (χ3v) is 8.09. The van der Waals surface area contributed by atoms with E-state index in [1.807, 2.05) is 42.5 Å². The molecule has 0 aromatic heterocycles. The molecule has 5 rings (SSSR count). The van der Waals surface area contributed by atoms with Crippen molar-refractivity contribution < 1.29 is 19.4 Å². The largest absolute Gasteiger partial charge is 0.465 e. The highest BCUT2D eigenvalue weighted by molar-refractivity contribution is 5.65. The van der Waals surface area contributed by atoms with Crippen LogP contribution in [0.3, 0.4) is 0 Å². The van der Waals surface area contributed by atoms with Crippen molar-refractivity contribution in [3.05, 3.63) is 95.8 Å². The number of amides is 1. The molecule has 0 bridgehead atoms.